The van der Waals surface area contributed by atoms with Gasteiger partial charge in [-0.05, 0) is 59.8 Å². The molecule has 0 spiro atoms. The number of fused-ring (bicyclic) bond motifs is 1. The number of carbonyl (C=O) groups is 2. The molecule has 3 rings (SSSR count). The quantitative estimate of drug-likeness (QED) is 0.438. The van der Waals surface area contributed by atoms with Crippen LogP contribution < -0.4 is 10.6 Å². The van der Waals surface area contributed by atoms with Gasteiger partial charge in [0.1, 0.15) is 5.82 Å². The molecule has 1 aromatic heterocycles. The first-order chi connectivity index (χ1) is 11.6. The van der Waals surface area contributed by atoms with E-state index >= 15 is 0 Å². The van der Waals surface area contributed by atoms with E-state index in [1.807, 2.05) is 24.3 Å². The summed E-state index contributed by atoms with van der Waals surface area (Å²) in [6, 6.07) is 9.37. The van der Waals surface area contributed by atoms with E-state index in [-0.39, 0.29) is 12.5 Å². The van der Waals surface area contributed by atoms with Crippen molar-refractivity contribution >= 4 is 51.5 Å². The number of carbonyl (C=O) groups excluding carboxylic acids is 2. The van der Waals surface area contributed by atoms with Crippen LogP contribution in [0.1, 0.15) is 22.8 Å². The second kappa shape index (κ2) is 7.00. The number of hydrogen-bond acceptors (Lipinski definition) is 5. The zero-order valence-corrected chi connectivity index (χ0v) is 15.0. The molecular weight excluding hydrogens is 421 g/mol. The molecule has 2 N–H and O–H groups in total. The minimum absolute atomic E-state index is 0.267. The van der Waals surface area contributed by atoms with E-state index < -0.39 is 5.97 Å². The number of benzene rings is 1. The highest BCUT2D eigenvalue weighted by atomic mass is 127. The lowest BCUT2D eigenvalue weighted by atomic mass is 10.1. The Morgan fingerprint density at radius 2 is 2.12 bits per heavy atom. The lowest BCUT2D eigenvalue weighted by molar-refractivity contribution is -0.110. The lowest BCUT2D eigenvalue weighted by Gasteiger charge is -2.04. The van der Waals surface area contributed by atoms with Gasteiger partial charge in [0.05, 0.1) is 17.7 Å². The van der Waals surface area contributed by atoms with Crippen LogP contribution in [0, 0.1) is 3.57 Å². The summed E-state index contributed by atoms with van der Waals surface area (Å²) in [5, 5.41) is 5.77. The van der Waals surface area contributed by atoms with Gasteiger partial charge in [-0.1, -0.05) is 0 Å². The number of halogens is 1. The van der Waals surface area contributed by atoms with Crippen LogP contribution in [0.3, 0.4) is 0 Å². The van der Waals surface area contributed by atoms with Gasteiger partial charge in [-0.25, -0.2) is 9.78 Å². The number of nitrogens with zero attached hydrogens (tertiary/aromatic N) is 1. The number of ether oxygens (including phenoxy) is 1. The van der Waals surface area contributed by atoms with Gasteiger partial charge >= 0.3 is 5.97 Å². The molecule has 24 heavy (non-hydrogen) atoms. The minimum atomic E-state index is -0.461. The minimum Gasteiger partial charge on any atom is -0.462 e. The molecule has 1 aliphatic heterocycles. The van der Waals surface area contributed by atoms with E-state index in [2.05, 4.69) is 38.2 Å². The van der Waals surface area contributed by atoms with Crippen molar-refractivity contribution in [3.8, 4) is 0 Å². The van der Waals surface area contributed by atoms with E-state index in [0.717, 1.165) is 9.26 Å². The number of hydrogen-bond donors (Lipinski definition) is 2. The summed E-state index contributed by atoms with van der Waals surface area (Å²) < 4.78 is 6.09. The van der Waals surface area contributed by atoms with Crippen molar-refractivity contribution in [1.82, 2.24) is 4.98 Å². The Balaban J connectivity index is 1.89. The van der Waals surface area contributed by atoms with Crippen LogP contribution in [0.4, 0.5) is 11.5 Å². The standard InChI is InChI=1S/C17H14IN3O3/c1-2-24-17(23)10-7-13-14(16(22)21-15(13)20-8-10)9-19-12-5-3-11(18)4-6-12/h3-9,19H,2H2,1H3,(H,20,21,22). The molecule has 1 aromatic carbocycles. The molecule has 2 heterocycles. The fourth-order valence-electron chi connectivity index (χ4n) is 2.24. The van der Waals surface area contributed by atoms with Crippen molar-refractivity contribution in [2.45, 2.75) is 6.92 Å². The summed E-state index contributed by atoms with van der Waals surface area (Å²) >= 11 is 2.22. The van der Waals surface area contributed by atoms with Gasteiger partial charge in [-0.3, -0.25) is 4.79 Å². The van der Waals surface area contributed by atoms with Crippen molar-refractivity contribution in [2.75, 3.05) is 17.2 Å². The van der Waals surface area contributed by atoms with Gasteiger partial charge in [-0.2, -0.15) is 0 Å². The predicted molar refractivity (Wildman–Crippen MR) is 99.6 cm³/mol. The average molecular weight is 435 g/mol. The number of nitrogens with one attached hydrogen (secondary N) is 2. The van der Waals surface area contributed by atoms with Crippen LogP contribution in [-0.4, -0.2) is 23.5 Å². The van der Waals surface area contributed by atoms with E-state index in [9.17, 15) is 9.59 Å². The Hall–Kier alpha value is -2.42. The third kappa shape index (κ3) is 3.40. The molecule has 0 aliphatic carbocycles. The number of amides is 1. The van der Waals surface area contributed by atoms with Gasteiger partial charge < -0.3 is 15.4 Å². The summed E-state index contributed by atoms with van der Waals surface area (Å²) in [6.45, 7) is 2.02. The Kier molecular flexibility index (Phi) is 4.79. The largest absolute Gasteiger partial charge is 0.462 e. The lowest BCUT2D eigenvalue weighted by Crippen LogP contribution is -2.06. The molecular formula is C17H14IN3O3. The molecule has 0 radical (unpaired) electrons. The van der Waals surface area contributed by atoms with Gasteiger partial charge in [-0.15, -0.1) is 0 Å². The first-order valence-corrected chi connectivity index (χ1v) is 8.37. The van der Waals surface area contributed by atoms with E-state index in [4.69, 9.17) is 4.74 Å². The van der Waals surface area contributed by atoms with E-state index in [1.54, 1.807) is 19.2 Å². The third-order valence-corrected chi connectivity index (χ3v) is 4.11. The highest BCUT2D eigenvalue weighted by molar-refractivity contribution is 14.1. The fourth-order valence-corrected chi connectivity index (χ4v) is 2.60. The van der Waals surface area contributed by atoms with Crippen LogP contribution >= 0.6 is 22.6 Å². The Bertz CT molecular complexity index is 831. The Morgan fingerprint density at radius 3 is 2.83 bits per heavy atom. The first kappa shape index (κ1) is 16.4. The van der Waals surface area contributed by atoms with E-state index in [0.29, 0.717) is 22.5 Å². The number of rotatable bonds is 4. The van der Waals surface area contributed by atoms with Crippen molar-refractivity contribution in [2.24, 2.45) is 0 Å². The van der Waals surface area contributed by atoms with Crippen LogP contribution in [0.15, 0.2) is 42.7 Å². The maximum atomic E-state index is 12.1. The Morgan fingerprint density at radius 1 is 1.38 bits per heavy atom. The molecule has 1 aliphatic rings. The van der Waals surface area contributed by atoms with Gasteiger partial charge in [0.25, 0.3) is 5.91 Å². The summed E-state index contributed by atoms with van der Waals surface area (Å²) in [6.07, 6.45) is 3.01. The Labute approximate surface area is 152 Å². The molecule has 0 saturated carbocycles. The van der Waals surface area contributed by atoms with Crippen LogP contribution in [0.5, 0.6) is 0 Å². The molecule has 122 valence electrons. The topological polar surface area (TPSA) is 80.3 Å². The molecule has 0 bridgehead atoms. The molecule has 0 atom stereocenters. The summed E-state index contributed by atoms with van der Waals surface area (Å²) in [4.78, 5) is 28.1. The molecule has 0 unspecified atom stereocenters. The number of anilines is 2. The molecule has 1 amide bonds. The smallest absolute Gasteiger partial charge is 0.339 e. The van der Waals surface area contributed by atoms with Crippen molar-refractivity contribution in [3.05, 3.63) is 57.4 Å². The van der Waals surface area contributed by atoms with Crippen molar-refractivity contribution in [3.63, 3.8) is 0 Å². The number of aromatic nitrogens is 1. The molecule has 0 fully saturated rings. The monoisotopic (exact) mass is 435 g/mol. The zero-order chi connectivity index (χ0) is 17.1. The summed E-state index contributed by atoms with van der Waals surface area (Å²) in [5.41, 5.74) is 2.16. The molecule has 0 saturated heterocycles. The van der Waals surface area contributed by atoms with Crippen molar-refractivity contribution in [1.29, 1.82) is 0 Å². The van der Waals surface area contributed by atoms with E-state index in [1.165, 1.54) is 6.20 Å². The molecule has 7 heteroatoms. The highest BCUT2D eigenvalue weighted by Crippen LogP contribution is 2.30. The van der Waals surface area contributed by atoms with Crippen molar-refractivity contribution < 1.29 is 14.3 Å². The molecule has 6 nitrogen and oxygen atoms in total. The number of pyridine rings is 1. The van der Waals surface area contributed by atoms with Crippen LogP contribution in [0.2, 0.25) is 0 Å². The zero-order valence-electron chi connectivity index (χ0n) is 12.8. The van der Waals surface area contributed by atoms with Gasteiger partial charge in [0.2, 0.25) is 0 Å². The third-order valence-electron chi connectivity index (χ3n) is 3.39. The van der Waals surface area contributed by atoms with Gasteiger partial charge in [0, 0.05) is 27.2 Å². The maximum absolute atomic E-state index is 12.1. The fraction of sp³-hybridized carbons (Fsp3) is 0.118. The normalized spacial score (nSPS) is 14.2. The second-order valence-electron chi connectivity index (χ2n) is 5.00. The summed E-state index contributed by atoms with van der Waals surface area (Å²) in [5.74, 6) is -0.294. The van der Waals surface area contributed by atoms with Gasteiger partial charge in [0.15, 0.2) is 0 Å². The maximum Gasteiger partial charge on any atom is 0.339 e. The summed E-state index contributed by atoms with van der Waals surface area (Å²) in [7, 11) is 0. The van der Waals surface area contributed by atoms with Crippen LogP contribution in [-0.2, 0) is 9.53 Å². The second-order valence-corrected chi connectivity index (χ2v) is 6.25. The molecule has 2 aromatic rings. The predicted octanol–water partition coefficient (Wildman–Crippen LogP) is 3.27. The first-order valence-electron chi connectivity index (χ1n) is 7.29. The number of esters is 1. The SMILES string of the molecule is CCOC(=O)c1cnc2c(c1)C(=CNc1ccc(I)cc1)C(=O)N2. The highest BCUT2D eigenvalue weighted by Gasteiger charge is 2.26. The van der Waals surface area contributed by atoms with Crippen LogP contribution in [0.25, 0.3) is 5.57 Å². The average Bonchev–Trinajstić information content (AvgIpc) is 2.89.